The molecule has 1 unspecified atom stereocenters. The van der Waals surface area contributed by atoms with E-state index in [4.69, 9.17) is 0 Å². The van der Waals surface area contributed by atoms with Crippen LogP contribution < -0.4 is 10.6 Å². The van der Waals surface area contributed by atoms with Crippen molar-refractivity contribution in [2.75, 3.05) is 23.4 Å². The van der Waals surface area contributed by atoms with E-state index in [2.05, 4.69) is 20.6 Å². The minimum atomic E-state index is -3.05. The normalized spacial score (nSPS) is 18.4. The molecule has 1 aliphatic rings. The molecular weight excluding hydrogens is 359 g/mol. The molecule has 0 spiro atoms. The second-order valence-corrected chi connectivity index (χ2v) is 8.36. The molecule has 1 saturated heterocycles. The molecule has 26 heavy (non-hydrogen) atoms. The summed E-state index contributed by atoms with van der Waals surface area (Å²) in [7, 11) is -3.05. The third kappa shape index (κ3) is 4.75. The van der Waals surface area contributed by atoms with Crippen molar-refractivity contribution >= 4 is 21.6 Å². The number of hydrogen-bond donors (Lipinski definition) is 2. The van der Waals surface area contributed by atoms with Gasteiger partial charge in [-0.1, -0.05) is 18.2 Å². The summed E-state index contributed by atoms with van der Waals surface area (Å²) in [5.74, 6) is -0.170. The van der Waals surface area contributed by atoms with E-state index < -0.39 is 15.7 Å². The highest BCUT2D eigenvalue weighted by molar-refractivity contribution is 7.91. The van der Waals surface area contributed by atoms with Crippen LogP contribution in [-0.4, -0.2) is 48.4 Å². The number of nitrogens with one attached hydrogen (secondary N) is 2. The maximum absolute atomic E-state index is 13.5. The summed E-state index contributed by atoms with van der Waals surface area (Å²) in [5, 5.41) is 5.68. The van der Waals surface area contributed by atoms with E-state index >= 15 is 0 Å². The third-order valence-electron chi connectivity index (χ3n) is 4.11. The van der Waals surface area contributed by atoms with Crippen molar-refractivity contribution in [2.24, 2.45) is 0 Å². The molecule has 0 saturated carbocycles. The van der Waals surface area contributed by atoms with Crippen LogP contribution in [0, 0.1) is 5.82 Å². The van der Waals surface area contributed by atoms with Gasteiger partial charge in [-0.05, 0) is 24.5 Å². The van der Waals surface area contributed by atoms with E-state index in [0.717, 1.165) is 0 Å². The number of rotatable bonds is 6. The van der Waals surface area contributed by atoms with Gasteiger partial charge in [-0.15, -0.1) is 0 Å². The number of anilines is 1. The smallest absolute Gasteiger partial charge is 0.271 e. The molecule has 1 amide bonds. The van der Waals surface area contributed by atoms with Crippen LogP contribution >= 0.6 is 0 Å². The third-order valence-corrected chi connectivity index (χ3v) is 5.88. The molecule has 2 aromatic rings. The van der Waals surface area contributed by atoms with Crippen LogP contribution in [0.2, 0.25) is 0 Å². The van der Waals surface area contributed by atoms with Gasteiger partial charge in [0.2, 0.25) is 0 Å². The number of nitrogens with zero attached hydrogens (tertiary/aromatic N) is 2. The molecule has 0 aliphatic carbocycles. The average molecular weight is 378 g/mol. The minimum absolute atomic E-state index is 0.0398. The second-order valence-electron chi connectivity index (χ2n) is 6.13. The summed E-state index contributed by atoms with van der Waals surface area (Å²) < 4.78 is 36.4. The Morgan fingerprint density at radius 2 is 2.04 bits per heavy atom. The first-order chi connectivity index (χ1) is 12.4. The Balaban J connectivity index is 1.50. The Labute approximate surface area is 151 Å². The highest BCUT2D eigenvalue weighted by atomic mass is 32.2. The van der Waals surface area contributed by atoms with Crippen LogP contribution in [-0.2, 0) is 16.3 Å². The van der Waals surface area contributed by atoms with Gasteiger partial charge in [0.25, 0.3) is 5.91 Å². The Bertz CT molecular complexity index is 887. The fourth-order valence-electron chi connectivity index (χ4n) is 2.73. The van der Waals surface area contributed by atoms with Crippen molar-refractivity contribution in [3.05, 3.63) is 53.7 Å². The Morgan fingerprint density at radius 3 is 2.69 bits per heavy atom. The van der Waals surface area contributed by atoms with Gasteiger partial charge in [-0.3, -0.25) is 4.79 Å². The van der Waals surface area contributed by atoms with Gasteiger partial charge >= 0.3 is 0 Å². The molecule has 138 valence electrons. The van der Waals surface area contributed by atoms with Crippen molar-refractivity contribution in [1.29, 1.82) is 0 Å². The van der Waals surface area contributed by atoms with Gasteiger partial charge < -0.3 is 10.6 Å². The molecule has 0 radical (unpaired) electrons. The number of halogens is 1. The quantitative estimate of drug-likeness (QED) is 0.783. The van der Waals surface area contributed by atoms with E-state index in [9.17, 15) is 17.6 Å². The standard InChI is InChI=1S/C17H19FN4O3S/c18-14-4-2-1-3-12(14)5-7-19-16-10-20-15(9-21-16)17(23)22-13-6-8-26(24,25)11-13/h1-4,9-10,13H,5-8,11H2,(H,19,21)(H,22,23). The van der Waals surface area contributed by atoms with Gasteiger partial charge in [0.05, 0.1) is 23.9 Å². The van der Waals surface area contributed by atoms with Crippen molar-refractivity contribution in [1.82, 2.24) is 15.3 Å². The monoisotopic (exact) mass is 378 g/mol. The van der Waals surface area contributed by atoms with E-state index in [1.54, 1.807) is 18.2 Å². The van der Waals surface area contributed by atoms with Crippen LogP contribution in [0.4, 0.5) is 10.2 Å². The van der Waals surface area contributed by atoms with Crippen LogP contribution in [0.1, 0.15) is 22.5 Å². The number of carbonyl (C=O) groups is 1. The highest BCUT2D eigenvalue weighted by Crippen LogP contribution is 2.12. The molecule has 2 heterocycles. The summed E-state index contributed by atoms with van der Waals surface area (Å²) in [6.07, 6.45) is 3.65. The lowest BCUT2D eigenvalue weighted by molar-refractivity contribution is 0.0935. The predicted molar refractivity (Wildman–Crippen MR) is 95.2 cm³/mol. The van der Waals surface area contributed by atoms with Gasteiger partial charge in [0, 0.05) is 12.6 Å². The summed E-state index contributed by atoms with van der Waals surface area (Å²) >= 11 is 0. The van der Waals surface area contributed by atoms with Crippen LogP contribution in [0.3, 0.4) is 0 Å². The van der Waals surface area contributed by atoms with E-state index in [0.29, 0.717) is 30.8 Å². The van der Waals surface area contributed by atoms with Crippen molar-refractivity contribution in [2.45, 2.75) is 18.9 Å². The van der Waals surface area contributed by atoms with Crippen molar-refractivity contribution in [3.8, 4) is 0 Å². The zero-order chi connectivity index (χ0) is 18.6. The zero-order valence-electron chi connectivity index (χ0n) is 14.0. The number of aromatic nitrogens is 2. The molecule has 1 aromatic carbocycles. The zero-order valence-corrected chi connectivity index (χ0v) is 14.8. The lowest BCUT2D eigenvalue weighted by Crippen LogP contribution is -2.36. The lowest BCUT2D eigenvalue weighted by Gasteiger charge is -2.10. The predicted octanol–water partition coefficient (Wildman–Crippen LogP) is 1.19. The second kappa shape index (κ2) is 7.77. The molecular formula is C17H19FN4O3S. The SMILES string of the molecule is O=C(NC1CCS(=O)(=O)C1)c1cnc(NCCc2ccccc2F)cn1. The lowest BCUT2D eigenvalue weighted by atomic mass is 10.1. The van der Waals surface area contributed by atoms with E-state index in [1.807, 2.05) is 0 Å². The van der Waals surface area contributed by atoms with Gasteiger partial charge in [-0.25, -0.2) is 22.8 Å². The first-order valence-electron chi connectivity index (χ1n) is 8.23. The van der Waals surface area contributed by atoms with Crippen LogP contribution in [0.15, 0.2) is 36.7 Å². The highest BCUT2D eigenvalue weighted by Gasteiger charge is 2.29. The summed E-state index contributed by atoms with van der Waals surface area (Å²) in [6, 6.07) is 6.18. The Morgan fingerprint density at radius 1 is 1.23 bits per heavy atom. The number of benzene rings is 1. The molecule has 7 nitrogen and oxygen atoms in total. The number of amides is 1. The number of hydrogen-bond acceptors (Lipinski definition) is 6. The van der Waals surface area contributed by atoms with Crippen molar-refractivity contribution < 1.29 is 17.6 Å². The molecule has 9 heteroatoms. The molecule has 1 aromatic heterocycles. The van der Waals surface area contributed by atoms with E-state index in [-0.39, 0.29) is 29.1 Å². The van der Waals surface area contributed by atoms with Gasteiger partial charge in [-0.2, -0.15) is 0 Å². The largest absolute Gasteiger partial charge is 0.368 e. The Hall–Kier alpha value is -2.55. The summed E-state index contributed by atoms with van der Waals surface area (Å²) in [5.41, 5.74) is 0.726. The van der Waals surface area contributed by atoms with Crippen LogP contribution in [0.5, 0.6) is 0 Å². The van der Waals surface area contributed by atoms with Gasteiger partial charge in [0.15, 0.2) is 9.84 Å². The maximum atomic E-state index is 13.5. The first kappa shape index (κ1) is 18.2. The topological polar surface area (TPSA) is 101 Å². The number of sulfone groups is 1. The first-order valence-corrected chi connectivity index (χ1v) is 10.1. The van der Waals surface area contributed by atoms with Crippen LogP contribution in [0.25, 0.3) is 0 Å². The molecule has 1 atom stereocenters. The molecule has 1 aliphatic heterocycles. The van der Waals surface area contributed by atoms with Gasteiger partial charge in [0.1, 0.15) is 17.3 Å². The van der Waals surface area contributed by atoms with E-state index in [1.165, 1.54) is 18.5 Å². The van der Waals surface area contributed by atoms with Crippen molar-refractivity contribution in [3.63, 3.8) is 0 Å². The maximum Gasteiger partial charge on any atom is 0.271 e. The molecule has 0 bridgehead atoms. The number of carbonyl (C=O) groups excluding carboxylic acids is 1. The Kier molecular flexibility index (Phi) is 5.46. The minimum Gasteiger partial charge on any atom is -0.368 e. The average Bonchev–Trinajstić information content (AvgIpc) is 2.95. The summed E-state index contributed by atoms with van der Waals surface area (Å²) in [4.78, 5) is 20.2. The molecule has 1 fully saturated rings. The fraction of sp³-hybridized carbons (Fsp3) is 0.353. The fourth-order valence-corrected chi connectivity index (χ4v) is 4.40. The summed E-state index contributed by atoms with van der Waals surface area (Å²) in [6.45, 7) is 0.473. The molecule has 3 rings (SSSR count). The molecule has 2 N–H and O–H groups in total.